The summed E-state index contributed by atoms with van der Waals surface area (Å²) in [5.41, 5.74) is 7.06. The number of nitrogens with two attached hydrogens (primary N) is 1. The molecule has 2 heterocycles. The number of anilines is 5. The van der Waals surface area contributed by atoms with E-state index in [1.807, 2.05) is 18.2 Å². The minimum atomic E-state index is 0.342. The maximum Gasteiger partial charge on any atom is 0.160 e. The van der Waals surface area contributed by atoms with Crippen LogP contribution in [0.25, 0.3) is 0 Å². The number of pyridine rings is 1. The molecular weight excluding hydrogens is 335 g/mol. The van der Waals surface area contributed by atoms with Gasteiger partial charge < -0.3 is 16.4 Å². The largest absolute Gasteiger partial charge is 0.393 e. The topological polar surface area (TPSA) is 88.8 Å². The fourth-order valence-corrected chi connectivity index (χ4v) is 2.21. The molecule has 1 aromatic carbocycles. The zero-order valence-corrected chi connectivity index (χ0v) is 13.3. The number of nitrogens with zero attached hydrogens (tertiary/aromatic N) is 3. The van der Waals surface area contributed by atoms with Gasteiger partial charge in [-0.25, -0.2) is 15.0 Å². The smallest absolute Gasteiger partial charge is 0.160 e. The molecule has 0 saturated heterocycles. The first-order valence-electron chi connectivity index (χ1n) is 6.64. The molecule has 4 N–H and O–H groups in total. The Morgan fingerprint density at radius 1 is 0.913 bits per heavy atom. The lowest BCUT2D eigenvalue weighted by atomic mass is 10.3. The first-order chi connectivity index (χ1) is 11.1. The molecule has 0 aliphatic heterocycles. The lowest BCUT2D eigenvalue weighted by molar-refractivity contribution is 1.16. The molecule has 0 spiro atoms. The average Bonchev–Trinajstić information content (AvgIpc) is 2.55. The zero-order valence-electron chi connectivity index (χ0n) is 11.8. The number of rotatable bonds is 4. The third-order valence-corrected chi connectivity index (χ3v) is 3.54. The maximum atomic E-state index is 6.14. The standard InChI is InChI=1S/C15H12Cl2N6/c16-9-4-5-10(17)11(7-9)22-14-13(18)15(21-8-20-14)23-12-3-1-2-6-19-12/h1-8H,18H2,(H2,19,20,21,22,23). The second kappa shape index (κ2) is 6.68. The van der Waals surface area contributed by atoms with Crippen LogP contribution in [0.15, 0.2) is 48.9 Å². The molecule has 0 radical (unpaired) electrons. The zero-order chi connectivity index (χ0) is 16.2. The van der Waals surface area contributed by atoms with Crippen molar-refractivity contribution < 1.29 is 0 Å². The summed E-state index contributed by atoms with van der Waals surface area (Å²) >= 11 is 12.1. The Morgan fingerprint density at radius 2 is 1.70 bits per heavy atom. The van der Waals surface area contributed by atoms with Gasteiger partial charge in [-0.1, -0.05) is 29.3 Å². The van der Waals surface area contributed by atoms with Crippen molar-refractivity contribution in [3.63, 3.8) is 0 Å². The van der Waals surface area contributed by atoms with Crippen molar-refractivity contribution in [2.24, 2.45) is 0 Å². The van der Waals surface area contributed by atoms with Crippen LogP contribution in [-0.2, 0) is 0 Å². The molecule has 0 aliphatic carbocycles. The number of benzene rings is 1. The van der Waals surface area contributed by atoms with Gasteiger partial charge in [-0.2, -0.15) is 0 Å². The van der Waals surface area contributed by atoms with Crippen LogP contribution < -0.4 is 16.4 Å². The molecule has 6 nitrogen and oxygen atoms in total. The highest BCUT2D eigenvalue weighted by atomic mass is 35.5. The highest BCUT2D eigenvalue weighted by Gasteiger charge is 2.11. The molecule has 0 atom stereocenters. The van der Waals surface area contributed by atoms with E-state index in [9.17, 15) is 0 Å². The monoisotopic (exact) mass is 346 g/mol. The van der Waals surface area contributed by atoms with E-state index < -0.39 is 0 Å². The molecule has 0 amide bonds. The molecule has 0 bridgehead atoms. The van der Waals surface area contributed by atoms with Crippen LogP contribution in [-0.4, -0.2) is 15.0 Å². The number of aromatic nitrogens is 3. The molecule has 0 saturated carbocycles. The summed E-state index contributed by atoms with van der Waals surface area (Å²) in [6.45, 7) is 0. The third kappa shape index (κ3) is 3.61. The summed E-state index contributed by atoms with van der Waals surface area (Å²) < 4.78 is 0. The Morgan fingerprint density at radius 3 is 2.43 bits per heavy atom. The van der Waals surface area contributed by atoms with Gasteiger partial charge in [0.15, 0.2) is 11.6 Å². The van der Waals surface area contributed by atoms with E-state index in [0.717, 1.165) is 0 Å². The summed E-state index contributed by atoms with van der Waals surface area (Å²) in [5.74, 6) is 1.49. The second-order valence-electron chi connectivity index (χ2n) is 4.57. The summed E-state index contributed by atoms with van der Waals surface area (Å²) in [5, 5.41) is 7.15. The Hall–Kier alpha value is -2.57. The number of hydrogen-bond acceptors (Lipinski definition) is 6. The van der Waals surface area contributed by atoms with Gasteiger partial charge in [0.25, 0.3) is 0 Å². The molecular formula is C15H12Cl2N6. The normalized spacial score (nSPS) is 10.3. The summed E-state index contributed by atoms with van der Waals surface area (Å²) in [4.78, 5) is 12.4. The van der Waals surface area contributed by atoms with Crippen molar-refractivity contribution >= 4 is 52.0 Å². The average molecular weight is 347 g/mol. The van der Waals surface area contributed by atoms with Gasteiger partial charge in [0.2, 0.25) is 0 Å². The lowest BCUT2D eigenvalue weighted by Gasteiger charge is -2.13. The van der Waals surface area contributed by atoms with Gasteiger partial charge in [0, 0.05) is 11.2 Å². The van der Waals surface area contributed by atoms with E-state index in [2.05, 4.69) is 25.6 Å². The van der Waals surface area contributed by atoms with Crippen LogP contribution in [0.1, 0.15) is 0 Å². The van der Waals surface area contributed by atoms with Crippen LogP contribution in [0.2, 0.25) is 10.0 Å². The predicted molar refractivity (Wildman–Crippen MR) is 93.7 cm³/mol. The molecule has 0 fully saturated rings. The van der Waals surface area contributed by atoms with E-state index in [1.54, 1.807) is 24.4 Å². The first kappa shape index (κ1) is 15.3. The van der Waals surface area contributed by atoms with Crippen LogP contribution in [0.3, 0.4) is 0 Å². The Balaban J connectivity index is 1.89. The van der Waals surface area contributed by atoms with E-state index in [-0.39, 0.29) is 0 Å². The minimum absolute atomic E-state index is 0.342. The fourth-order valence-electron chi connectivity index (χ4n) is 1.87. The van der Waals surface area contributed by atoms with Crippen molar-refractivity contribution in [3.8, 4) is 0 Å². The SMILES string of the molecule is Nc1c(Nc2ccccn2)ncnc1Nc1cc(Cl)ccc1Cl. The number of halogens is 2. The Bertz CT molecular complexity index is 825. The van der Waals surface area contributed by atoms with Crippen LogP contribution in [0.4, 0.5) is 28.8 Å². The summed E-state index contributed by atoms with van der Waals surface area (Å²) in [7, 11) is 0. The molecule has 2 aromatic heterocycles. The number of nitrogens with one attached hydrogen (secondary N) is 2. The molecule has 8 heteroatoms. The second-order valence-corrected chi connectivity index (χ2v) is 5.42. The summed E-state index contributed by atoms with van der Waals surface area (Å²) in [6.07, 6.45) is 3.06. The van der Waals surface area contributed by atoms with Crippen molar-refractivity contribution in [2.45, 2.75) is 0 Å². The third-order valence-electron chi connectivity index (χ3n) is 2.98. The number of hydrogen-bond donors (Lipinski definition) is 3. The molecule has 3 aromatic rings. The van der Waals surface area contributed by atoms with Gasteiger partial charge in [-0.3, -0.25) is 0 Å². The van der Waals surface area contributed by atoms with Crippen molar-refractivity contribution in [2.75, 3.05) is 16.4 Å². The molecule has 23 heavy (non-hydrogen) atoms. The van der Waals surface area contributed by atoms with E-state index in [1.165, 1.54) is 6.33 Å². The van der Waals surface area contributed by atoms with Gasteiger partial charge in [0.05, 0.1) is 10.7 Å². The molecule has 116 valence electrons. The van der Waals surface area contributed by atoms with Gasteiger partial charge in [-0.05, 0) is 30.3 Å². The Kier molecular flexibility index (Phi) is 4.45. The molecule has 0 aliphatic rings. The highest BCUT2D eigenvalue weighted by molar-refractivity contribution is 6.35. The van der Waals surface area contributed by atoms with Gasteiger partial charge in [-0.15, -0.1) is 0 Å². The molecule has 0 unspecified atom stereocenters. The van der Waals surface area contributed by atoms with Crippen LogP contribution in [0.5, 0.6) is 0 Å². The number of nitrogen functional groups attached to an aromatic ring is 1. The van der Waals surface area contributed by atoms with Crippen molar-refractivity contribution in [3.05, 3.63) is 59.0 Å². The van der Waals surface area contributed by atoms with E-state index in [0.29, 0.717) is 38.9 Å². The fraction of sp³-hybridized carbons (Fsp3) is 0. The molecule has 3 rings (SSSR count). The van der Waals surface area contributed by atoms with Crippen LogP contribution >= 0.6 is 23.2 Å². The highest BCUT2D eigenvalue weighted by Crippen LogP contribution is 2.32. The van der Waals surface area contributed by atoms with E-state index in [4.69, 9.17) is 28.9 Å². The van der Waals surface area contributed by atoms with E-state index >= 15 is 0 Å². The van der Waals surface area contributed by atoms with Crippen LogP contribution in [0, 0.1) is 0 Å². The van der Waals surface area contributed by atoms with Crippen molar-refractivity contribution in [1.29, 1.82) is 0 Å². The van der Waals surface area contributed by atoms with Gasteiger partial charge in [0.1, 0.15) is 17.8 Å². The quantitative estimate of drug-likeness (QED) is 0.654. The minimum Gasteiger partial charge on any atom is -0.393 e. The van der Waals surface area contributed by atoms with Gasteiger partial charge >= 0.3 is 0 Å². The maximum absolute atomic E-state index is 6.14. The predicted octanol–water partition coefficient (Wildman–Crippen LogP) is 4.25. The van der Waals surface area contributed by atoms with Crippen molar-refractivity contribution in [1.82, 2.24) is 15.0 Å². The first-order valence-corrected chi connectivity index (χ1v) is 7.39. The summed E-state index contributed by atoms with van der Waals surface area (Å²) in [6, 6.07) is 10.6. The Labute approximate surface area is 142 Å². The lowest BCUT2D eigenvalue weighted by Crippen LogP contribution is -2.06.